The van der Waals surface area contributed by atoms with Crippen molar-refractivity contribution in [3.63, 3.8) is 0 Å². The number of rotatable bonds is 4. The molecule has 3 nitrogen and oxygen atoms in total. The molecular formula is C18H26N2O. The van der Waals surface area contributed by atoms with Gasteiger partial charge in [0.1, 0.15) is 6.04 Å². The second-order valence-electron chi connectivity index (χ2n) is 6.55. The van der Waals surface area contributed by atoms with Crippen LogP contribution in [0.5, 0.6) is 0 Å². The molecule has 0 aromatic heterocycles. The SMILES string of the molecule is CC(Nc1ccc2c(c1)CCC2)C(=O)NC1CCCCC1. The molecule has 2 aliphatic rings. The molecule has 1 atom stereocenters. The van der Waals surface area contributed by atoms with Crippen molar-refractivity contribution in [2.45, 2.75) is 70.4 Å². The van der Waals surface area contributed by atoms with Gasteiger partial charge in [-0.2, -0.15) is 0 Å². The number of hydrogen-bond acceptors (Lipinski definition) is 2. The normalized spacial score (nSPS) is 19.9. The van der Waals surface area contributed by atoms with Gasteiger partial charge < -0.3 is 10.6 Å². The van der Waals surface area contributed by atoms with Crippen molar-refractivity contribution < 1.29 is 4.79 Å². The van der Waals surface area contributed by atoms with E-state index < -0.39 is 0 Å². The van der Waals surface area contributed by atoms with Crippen molar-refractivity contribution in [1.29, 1.82) is 0 Å². The number of anilines is 1. The zero-order valence-electron chi connectivity index (χ0n) is 13.0. The van der Waals surface area contributed by atoms with Crippen LogP contribution in [0.4, 0.5) is 5.69 Å². The molecule has 1 fully saturated rings. The van der Waals surface area contributed by atoms with Gasteiger partial charge in [-0.25, -0.2) is 0 Å². The minimum absolute atomic E-state index is 0.127. The summed E-state index contributed by atoms with van der Waals surface area (Å²) in [6.07, 6.45) is 9.72. The lowest BCUT2D eigenvalue weighted by atomic mass is 9.95. The monoisotopic (exact) mass is 286 g/mol. The van der Waals surface area contributed by atoms with E-state index in [1.54, 1.807) is 0 Å². The Morgan fingerprint density at radius 1 is 1.10 bits per heavy atom. The molecule has 0 spiro atoms. The van der Waals surface area contributed by atoms with Crippen LogP contribution in [-0.2, 0) is 17.6 Å². The molecular weight excluding hydrogens is 260 g/mol. The maximum absolute atomic E-state index is 12.3. The van der Waals surface area contributed by atoms with E-state index in [0.29, 0.717) is 6.04 Å². The highest BCUT2D eigenvalue weighted by molar-refractivity contribution is 5.84. The van der Waals surface area contributed by atoms with E-state index in [2.05, 4.69) is 28.8 Å². The second kappa shape index (κ2) is 6.50. The van der Waals surface area contributed by atoms with Crippen LogP contribution in [0.3, 0.4) is 0 Å². The summed E-state index contributed by atoms with van der Waals surface area (Å²) in [4.78, 5) is 12.3. The standard InChI is InChI=1S/C18H26N2O/c1-13(18(21)20-16-8-3-2-4-9-16)19-17-11-10-14-6-5-7-15(14)12-17/h10-13,16,19H,2-9H2,1H3,(H,20,21). The minimum atomic E-state index is -0.175. The lowest BCUT2D eigenvalue weighted by Crippen LogP contribution is -2.44. The molecule has 3 rings (SSSR count). The predicted octanol–water partition coefficient (Wildman–Crippen LogP) is 3.42. The number of carbonyl (C=O) groups is 1. The van der Waals surface area contributed by atoms with Crippen LogP contribution in [0.1, 0.15) is 56.6 Å². The molecule has 1 saturated carbocycles. The average Bonchev–Trinajstić information content (AvgIpc) is 2.95. The van der Waals surface area contributed by atoms with E-state index in [0.717, 1.165) is 18.5 Å². The minimum Gasteiger partial charge on any atom is -0.374 e. The summed E-state index contributed by atoms with van der Waals surface area (Å²) in [6, 6.07) is 6.74. The van der Waals surface area contributed by atoms with Gasteiger partial charge in [0.15, 0.2) is 0 Å². The maximum Gasteiger partial charge on any atom is 0.242 e. The summed E-state index contributed by atoms with van der Waals surface area (Å²) in [7, 11) is 0. The van der Waals surface area contributed by atoms with Crippen molar-refractivity contribution >= 4 is 11.6 Å². The fraction of sp³-hybridized carbons (Fsp3) is 0.611. The molecule has 114 valence electrons. The number of hydrogen-bond donors (Lipinski definition) is 2. The topological polar surface area (TPSA) is 41.1 Å². The zero-order valence-corrected chi connectivity index (χ0v) is 13.0. The van der Waals surface area contributed by atoms with Crippen LogP contribution in [0.15, 0.2) is 18.2 Å². The maximum atomic E-state index is 12.3. The van der Waals surface area contributed by atoms with E-state index in [-0.39, 0.29) is 11.9 Å². The van der Waals surface area contributed by atoms with Gasteiger partial charge in [0.25, 0.3) is 0 Å². The lowest BCUT2D eigenvalue weighted by molar-refractivity contribution is -0.122. The molecule has 0 aliphatic heterocycles. The van der Waals surface area contributed by atoms with Gasteiger partial charge in [-0.3, -0.25) is 4.79 Å². The van der Waals surface area contributed by atoms with E-state index in [4.69, 9.17) is 0 Å². The first-order chi connectivity index (χ1) is 10.2. The first kappa shape index (κ1) is 14.4. The molecule has 0 heterocycles. The molecule has 1 unspecified atom stereocenters. The van der Waals surface area contributed by atoms with Crippen LogP contribution < -0.4 is 10.6 Å². The Kier molecular flexibility index (Phi) is 4.47. The Morgan fingerprint density at radius 2 is 1.86 bits per heavy atom. The summed E-state index contributed by atoms with van der Waals surface area (Å²) >= 11 is 0. The molecule has 2 aliphatic carbocycles. The Morgan fingerprint density at radius 3 is 2.67 bits per heavy atom. The van der Waals surface area contributed by atoms with Crippen molar-refractivity contribution in [3.05, 3.63) is 29.3 Å². The fourth-order valence-corrected chi connectivity index (χ4v) is 3.55. The van der Waals surface area contributed by atoms with Crippen molar-refractivity contribution in [2.75, 3.05) is 5.32 Å². The summed E-state index contributed by atoms with van der Waals surface area (Å²) in [5, 5.41) is 6.54. The van der Waals surface area contributed by atoms with Crippen molar-refractivity contribution in [1.82, 2.24) is 5.32 Å². The molecule has 3 heteroatoms. The molecule has 1 aromatic rings. The first-order valence-corrected chi connectivity index (χ1v) is 8.41. The quantitative estimate of drug-likeness (QED) is 0.890. The van der Waals surface area contributed by atoms with Gasteiger partial charge in [-0.05, 0) is 62.3 Å². The van der Waals surface area contributed by atoms with Crippen molar-refractivity contribution in [3.8, 4) is 0 Å². The van der Waals surface area contributed by atoms with Crippen LogP contribution in [0.2, 0.25) is 0 Å². The lowest BCUT2D eigenvalue weighted by Gasteiger charge is -2.25. The highest BCUT2D eigenvalue weighted by Crippen LogP contribution is 2.25. The summed E-state index contributed by atoms with van der Waals surface area (Å²) in [6.45, 7) is 1.95. The number of benzene rings is 1. The number of amides is 1. The highest BCUT2D eigenvalue weighted by Gasteiger charge is 2.20. The van der Waals surface area contributed by atoms with Gasteiger partial charge in [-0.1, -0.05) is 25.3 Å². The zero-order chi connectivity index (χ0) is 14.7. The predicted molar refractivity (Wildman–Crippen MR) is 86.6 cm³/mol. The number of nitrogens with one attached hydrogen (secondary N) is 2. The number of aryl methyl sites for hydroxylation is 2. The summed E-state index contributed by atoms with van der Waals surface area (Å²) in [5.41, 5.74) is 3.99. The third kappa shape index (κ3) is 3.58. The number of fused-ring (bicyclic) bond motifs is 1. The van der Waals surface area contributed by atoms with E-state index >= 15 is 0 Å². The molecule has 1 aromatic carbocycles. The van der Waals surface area contributed by atoms with Gasteiger partial charge in [-0.15, -0.1) is 0 Å². The Hall–Kier alpha value is -1.51. The van der Waals surface area contributed by atoms with Crippen LogP contribution >= 0.6 is 0 Å². The molecule has 0 bridgehead atoms. The third-order valence-corrected chi connectivity index (χ3v) is 4.83. The van der Waals surface area contributed by atoms with Gasteiger partial charge >= 0.3 is 0 Å². The molecule has 0 saturated heterocycles. The van der Waals surface area contributed by atoms with E-state index in [1.165, 1.54) is 49.7 Å². The van der Waals surface area contributed by atoms with Crippen LogP contribution in [-0.4, -0.2) is 18.0 Å². The van der Waals surface area contributed by atoms with Gasteiger partial charge in [0.2, 0.25) is 5.91 Å². The van der Waals surface area contributed by atoms with Crippen LogP contribution in [0.25, 0.3) is 0 Å². The smallest absolute Gasteiger partial charge is 0.242 e. The number of carbonyl (C=O) groups excluding carboxylic acids is 1. The highest BCUT2D eigenvalue weighted by atomic mass is 16.2. The van der Waals surface area contributed by atoms with Gasteiger partial charge in [0, 0.05) is 11.7 Å². The van der Waals surface area contributed by atoms with Crippen LogP contribution in [0, 0.1) is 0 Å². The van der Waals surface area contributed by atoms with E-state index in [1.807, 2.05) is 6.92 Å². The van der Waals surface area contributed by atoms with Gasteiger partial charge in [0.05, 0.1) is 0 Å². The summed E-state index contributed by atoms with van der Waals surface area (Å²) < 4.78 is 0. The fourth-order valence-electron chi connectivity index (χ4n) is 3.55. The molecule has 0 radical (unpaired) electrons. The molecule has 1 amide bonds. The Bertz CT molecular complexity index is 506. The third-order valence-electron chi connectivity index (χ3n) is 4.83. The van der Waals surface area contributed by atoms with E-state index in [9.17, 15) is 4.79 Å². The first-order valence-electron chi connectivity index (χ1n) is 8.41. The summed E-state index contributed by atoms with van der Waals surface area (Å²) in [5.74, 6) is 0.127. The molecule has 2 N–H and O–H groups in total. The second-order valence-corrected chi connectivity index (χ2v) is 6.55. The Balaban J connectivity index is 1.55. The largest absolute Gasteiger partial charge is 0.374 e. The average molecular weight is 286 g/mol. The Labute approximate surface area is 127 Å². The van der Waals surface area contributed by atoms with Crippen molar-refractivity contribution in [2.24, 2.45) is 0 Å². The molecule has 21 heavy (non-hydrogen) atoms.